The van der Waals surface area contributed by atoms with E-state index in [0.717, 1.165) is 6.54 Å². The van der Waals surface area contributed by atoms with Crippen LogP contribution in [0.15, 0.2) is 0 Å². The molecule has 0 aliphatic heterocycles. The monoisotopic (exact) mass is 545 g/mol. The first-order valence-electron chi connectivity index (χ1n) is 13.4. The number of nitrogens with zero attached hydrogens (tertiary/aromatic N) is 1. The van der Waals surface area contributed by atoms with Crippen molar-refractivity contribution in [3.05, 3.63) is 0 Å². The Morgan fingerprint density at radius 2 is 0.757 bits per heavy atom. The molecule has 4 nitrogen and oxygen atoms in total. The topological polar surface area (TPSA) is 30.9 Å². The largest absolute Gasteiger partial charge is 0.378 e. The fourth-order valence-corrected chi connectivity index (χ4v) is 3.03. The number of hydrogen-bond acceptors (Lipinski definition) is 4. The molecule has 0 N–H and O–H groups in total. The lowest BCUT2D eigenvalue weighted by Gasteiger charge is -2.28. The van der Waals surface area contributed by atoms with Crippen molar-refractivity contribution in [3.63, 3.8) is 0 Å². The molecule has 4 atom stereocenters. The first-order valence-corrected chi connectivity index (χ1v) is 13.4. The summed E-state index contributed by atoms with van der Waals surface area (Å²) < 4.78 is 69.8. The summed E-state index contributed by atoms with van der Waals surface area (Å²) >= 11 is 0. The smallest absolute Gasteiger partial charge is 0.157 e. The van der Waals surface area contributed by atoms with Crippen molar-refractivity contribution in [3.8, 4) is 0 Å². The standard InChI is InChI=1S/C15H31F2NO.C14H28F2O2/c1-14(2,3)10-18(7)8-12(16)13(17)9-19-11-15(4,5)6;1-13(2,3)9-17-7-11(15)12(16)8-18-10-14(4,5)6/h12-13H,8-11H2,1-7H3;11-12H,7-10H2,1-6H3. The van der Waals surface area contributed by atoms with Gasteiger partial charge >= 0.3 is 0 Å². The number of halogens is 4. The van der Waals surface area contributed by atoms with Crippen molar-refractivity contribution in [1.82, 2.24) is 4.90 Å². The summed E-state index contributed by atoms with van der Waals surface area (Å²) in [5, 5.41) is 0. The Labute approximate surface area is 226 Å². The number of hydrogen-bond donors (Lipinski definition) is 0. The first kappa shape index (κ1) is 38.7. The Kier molecular flexibility index (Phi) is 18.1. The van der Waals surface area contributed by atoms with Crippen molar-refractivity contribution >= 4 is 0 Å². The van der Waals surface area contributed by atoms with E-state index in [0.29, 0.717) is 19.8 Å². The summed E-state index contributed by atoms with van der Waals surface area (Å²) in [6.07, 6.45) is -6.28. The third-order valence-electron chi connectivity index (χ3n) is 4.45. The van der Waals surface area contributed by atoms with Gasteiger partial charge in [0, 0.05) is 13.1 Å². The highest BCUT2D eigenvalue weighted by Crippen LogP contribution is 2.18. The molecule has 0 aromatic heterocycles. The summed E-state index contributed by atoms with van der Waals surface area (Å²) in [7, 11) is 1.82. The predicted octanol–water partition coefficient (Wildman–Crippen LogP) is 7.49. The van der Waals surface area contributed by atoms with Crippen LogP contribution in [0.2, 0.25) is 0 Å². The van der Waals surface area contributed by atoms with E-state index >= 15 is 0 Å². The van der Waals surface area contributed by atoms with Crippen LogP contribution in [0.3, 0.4) is 0 Å². The lowest BCUT2D eigenvalue weighted by molar-refractivity contribution is -0.0258. The lowest BCUT2D eigenvalue weighted by atomic mass is 9.96. The average molecular weight is 546 g/mol. The number of rotatable bonds is 14. The molecule has 0 spiro atoms. The minimum absolute atomic E-state index is 0.0193. The molecule has 4 unspecified atom stereocenters. The molecule has 0 radical (unpaired) electrons. The first-order chi connectivity index (χ1) is 16.4. The molecule has 0 fully saturated rings. The summed E-state index contributed by atoms with van der Waals surface area (Å²) in [5.41, 5.74) is 0.0000979. The van der Waals surface area contributed by atoms with Crippen LogP contribution in [0.1, 0.15) is 83.1 Å². The van der Waals surface area contributed by atoms with Crippen LogP contribution in [0.5, 0.6) is 0 Å². The Bertz CT molecular complexity index is 541. The van der Waals surface area contributed by atoms with Crippen molar-refractivity contribution in [2.75, 3.05) is 59.8 Å². The van der Waals surface area contributed by atoms with E-state index in [9.17, 15) is 17.6 Å². The van der Waals surface area contributed by atoms with Gasteiger partial charge in [0.05, 0.1) is 39.6 Å². The van der Waals surface area contributed by atoms with Crippen LogP contribution >= 0.6 is 0 Å². The SMILES string of the molecule is CC(C)(C)COCC(F)C(F)COCC(C)(C)C.CN(CC(F)C(F)COCC(C)(C)C)CC(C)(C)C. The maximum atomic E-state index is 13.7. The Hall–Kier alpha value is -0.440. The van der Waals surface area contributed by atoms with E-state index in [1.807, 2.05) is 74.3 Å². The summed E-state index contributed by atoms with van der Waals surface area (Å²) in [4.78, 5) is 1.83. The molecule has 37 heavy (non-hydrogen) atoms. The molecule has 8 heteroatoms. The molecular formula is C29H59F4NO3. The maximum absolute atomic E-state index is 13.7. The van der Waals surface area contributed by atoms with Crippen molar-refractivity contribution in [2.45, 2.75) is 108 Å². The highest BCUT2D eigenvalue weighted by Gasteiger charge is 2.25. The van der Waals surface area contributed by atoms with Crippen LogP contribution < -0.4 is 0 Å². The minimum Gasteiger partial charge on any atom is -0.378 e. The molecule has 0 amide bonds. The Morgan fingerprint density at radius 1 is 0.486 bits per heavy atom. The third-order valence-corrected chi connectivity index (χ3v) is 4.45. The molecule has 0 aromatic rings. The second-order valence-corrected chi connectivity index (χ2v) is 15.0. The lowest BCUT2D eigenvalue weighted by Crippen LogP contribution is -2.38. The van der Waals surface area contributed by atoms with E-state index in [-0.39, 0.29) is 48.0 Å². The van der Waals surface area contributed by atoms with Gasteiger partial charge in [-0.15, -0.1) is 0 Å². The van der Waals surface area contributed by atoms with Gasteiger partial charge in [-0.1, -0.05) is 83.1 Å². The molecule has 0 bridgehead atoms. The van der Waals surface area contributed by atoms with Crippen LogP contribution in [-0.4, -0.2) is 89.4 Å². The minimum atomic E-state index is -1.62. The molecule has 226 valence electrons. The summed E-state index contributed by atoms with van der Waals surface area (Å²) in [5.74, 6) is 0. The highest BCUT2D eigenvalue weighted by atomic mass is 19.2. The quantitative estimate of drug-likeness (QED) is 0.212. The van der Waals surface area contributed by atoms with Crippen molar-refractivity contribution in [2.24, 2.45) is 21.7 Å². The highest BCUT2D eigenvalue weighted by molar-refractivity contribution is 4.75. The second kappa shape index (κ2) is 17.3. The van der Waals surface area contributed by atoms with E-state index in [1.165, 1.54) is 0 Å². The van der Waals surface area contributed by atoms with Crippen LogP contribution in [0, 0.1) is 21.7 Å². The zero-order valence-electron chi connectivity index (χ0n) is 26.2. The van der Waals surface area contributed by atoms with Gasteiger partial charge in [0.2, 0.25) is 0 Å². The van der Waals surface area contributed by atoms with Gasteiger partial charge in [-0.25, -0.2) is 17.6 Å². The zero-order valence-corrected chi connectivity index (χ0v) is 26.2. The van der Waals surface area contributed by atoms with E-state index in [4.69, 9.17) is 14.2 Å². The van der Waals surface area contributed by atoms with Crippen LogP contribution in [0.4, 0.5) is 17.6 Å². The Morgan fingerprint density at radius 3 is 1.00 bits per heavy atom. The van der Waals surface area contributed by atoms with Gasteiger partial charge in [-0.05, 0) is 28.7 Å². The van der Waals surface area contributed by atoms with Gasteiger partial charge in [0.25, 0.3) is 0 Å². The average Bonchev–Trinajstić information content (AvgIpc) is 2.63. The molecule has 0 aliphatic rings. The molecular weight excluding hydrogens is 486 g/mol. The third kappa shape index (κ3) is 28.4. The molecule has 0 aromatic carbocycles. The molecule has 0 saturated heterocycles. The van der Waals surface area contributed by atoms with Gasteiger partial charge in [0.1, 0.15) is 6.17 Å². The van der Waals surface area contributed by atoms with E-state index in [2.05, 4.69) is 20.8 Å². The zero-order chi connectivity index (χ0) is 29.7. The fourth-order valence-electron chi connectivity index (χ4n) is 3.03. The normalized spacial score (nSPS) is 16.7. The molecule has 0 aliphatic carbocycles. The predicted molar refractivity (Wildman–Crippen MR) is 147 cm³/mol. The number of alkyl halides is 4. The maximum Gasteiger partial charge on any atom is 0.157 e. The van der Waals surface area contributed by atoms with Gasteiger partial charge in [-0.2, -0.15) is 0 Å². The van der Waals surface area contributed by atoms with Crippen LogP contribution in [0.25, 0.3) is 0 Å². The van der Waals surface area contributed by atoms with Crippen molar-refractivity contribution < 1.29 is 31.8 Å². The fraction of sp³-hybridized carbons (Fsp3) is 1.00. The molecule has 0 heterocycles. The Balaban J connectivity index is 0. The summed E-state index contributed by atoms with van der Waals surface area (Å²) in [6.45, 7) is 25.7. The van der Waals surface area contributed by atoms with Gasteiger partial charge in [0.15, 0.2) is 18.5 Å². The van der Waals surface area contributed by atoms with Crippen LogP contribution in [-0.2, 0) is 14.2 Å². The van der Waals surface area contributed by atoms with Gasteiger partial charge < -0.3 is 19.1 Å². The van der Waals surface area contributed by atoms with E-state index < -0.39 is 24.7 Å². The second-order valence-electron chi connectivity index (χ2n) is 15.0. The van der Waals surface area contributed by atoms with Gasteiger partial charge in [-0.3, -0.25) is 0 Å². The van der Waals surface area contributed by atoms with Crippen molar-refractivity contribution in [1.29, 1.82) is 0 Å². The molecule has 0 rings (SSSR count). The number of ether oxygens (including phenoxy) is 3. The van der Waals surface area contributed by atoms with E-state index in [1.54, 1.807) is 0 Å². The molecule has 0 saturated carbocycles. The summed E-state index contributed by atoms with van der Waals surface area (Å²) in [6, 6.07) is 0.